The van der Waals surface area contributed by atoms with Crippen LogP contribution >= 0.6 is 0 Å². The van der Waals surface area contributed by atoms with Crippen molar-refractivity contribution in [1.82, 2.24) is 24.3 Å². The summed E-state index contributed by atoms with van der Waals surface area (Å²) in [6.07, 6.45) is 9.13. The molecular weight excluding hydrogens is 395 g/mol. The summed E-state index contributed by atoms with van der Waals surface area (Å²) >= 11 is 0. The Balaban J connectivity index is 1.47. The highest BCUT2D eigenvalue weighted by atomic mass is 19.1. The second-order valence-corrected chi connectivity index (χ2v) is 7.60. The molecule has 0 radical (unpaired) electrons. The van der Waals surface area contributed by atoms with Crippen molar-refractivity contribution in [1.29, 1.82) is 0 Å². The van der Waals surface area contributed by atoms with Crippen LogP contribution in [0.3, 0.4) is 0 Å². The molecule has 1 fully saturated rings. The van der Waals surface area contributed by atoms with Crippen LogP contribution in [0.5, 0.6) is 0 Å². The molecule has 8 nitrogen and oxygen atoms in total. The fourth-order valence-electron chi connectivity index (χ4n) is 3.70. The summed E-state index contributed by atoms with van der Waals surface area (Å²) in [5.74, 6) is 2.07. The topological polar surface area (TPSA) is 83.3 Å². The lowest BCUT2D eigenvalue weighted by molar-refractivity contribution is 0.573. The fourth-order valence-corrected chi connectivity index (χ4v) is 3.70. The van der Waals surface area contributed by atoms with Gasteiger partial charge >= 0.3 is 0 Å². The number of imidazole rings is 1. The summed E-state index contributed by atoms with van der Waals surface area (Å²) in [6.45, 7) is 3.55. The Hall–Kier alpha value is -3.75. The van der Waals surface area contributed by atoms with Crippen molar-refractivity contribution in [3.63, 3.8) is 0 Å². The second kappa shape index (κ2) is 8.17. The highest BCUT2D eigenvalue weighted by Crippen LogP contribution is 2.25. The summed E-state index contributed by atoms with van der Waals surface area (Å²) < 4.78 is 15.5. The zero-order valence-corrected chi connectivity index (χ0v) is 17.2. The fraction of sp³-hybridized carbons (Fsp3) is 0.273. The smallest absolute Gasteiger partial charge is 0.232 e. The van der Waals surface area contributed by atoms with Crippen molar-refractivity contribution in [2.24, 2.45) is 0 Å². The highest BCUT2D eigenvalue weighted by Gasteiger charge is 2.16. The Morgan fingerprint density at radius 2 is 1.77 bits per heavy atom. The van der Waals surface area contributed by atoms with Gasteiger partial charge < -0.3 is 19.9 Å². The molecule has 2 N–H and O–H groups in total. The van der Waals surface area contributed by atoms with Crippen molar-refractivity contribution >= 4 is 34.7 Å². The molecule has 158 valence electrons. The van der Waals surface area contributed by atoms with Crippen molar-refractivity contribution in [2.75, 3.05) is 28.6 Å². The predicted molar refractivity (Wildman–Crippen MR) is 119 cm³/mol. The molecule has 1 aliphatic rings. The van der Waals surface area contributed by atoms with Gasteiger partial charge in [-0.3, -0.25) is 0 Å². The Morgan fingerprint density at radius 3 is 2.61 bits per heavy atom. The molecule has 4 aromatic heterocycles. The van der Waals surface area contributed by atoms with Crippen molar-refractivity contribution in [3.8, 4) is 0 Å². The van der Waals surface area contributed by atoms with E-state index in [4.69, 9.17) is 4.98 Å². The van der Waals surface area contributed by atoms with E-state index in [1.165, 1.54) is 12.5 Å². The lowest BCUT2D eigenvalue weighted by Gasteiger charge is -2.28. The van der Waals surface area contributed by atoms with E-state index in [0.717, 1.165) is 43.1 Å². The number of rotatable bonds is 5. The van der Waals surface area contributed by atoms with E-state index in [1.54, 1.807) is 19.2 Å². The number of fused-ring (bicyclic) bond motifs is 1. The molecule has 0 atom stereocenters. The summed E-state index contributed by atoms with van der Waals surface area (Å²) in [5.41, 5.74) is 2.05. The molecule has 0 bridgehead atoms. The third kappa shape index (κ3) is 4.25. The number of pyridine rings is 2. The Morgan fingerprint density at radius 1 is 0.903 bits per heavy atom. The van der Waals surface area contributed by atoms with E-state index in [-0.39, 0.29) is 5.82 Å². The monoisotopic (exact) mass is 418 g/mol. The highest BCUT2D eigenvalue weighted by molar-refractivity contribution is 5.65. The van der Waals surface area contributed by atoms with Crippen LogP contribution in [0.1, 0.15) is 25.0 Å². The summed E-state index contributed by atoms with van der Waals surface area (Å²) in [6, 6.07) is 8.85. The first-order chi connectivity index (χ1) is 15.1. The molecule has 0 aliphatic carbocycles. The zero-order chi connectivity index (χ0) is 21.2. The molecule has 0 unspecified atom stereocenters. The van der Waals surface area contributed by atoms with E-state index in [0.29, 0.717) is 23.3 Å². The quantitative estimate of drug-likeness (QED) is 0.496. The van der Waals surface area contributed by atoms with E-state index in [1.807, 2.05) is 35.0 Å². The van der Waals surface area contributed by atoms with E-state index in [9.17, 15) is 4.39 Å². The minimum absolute atomic E-state index is 0.323. The van der Waals surface area contributed by atoms with Crippen LogP contribution < -0.4 is 15.5 Å². The molecule has 31 heavy (non-hydrogen) atoms. The molecule has 4 aromatic rings. The van der Waals surface area contributed by atoms with Crippen LogP contribution in [-0.4, -0.2) is 37.4 Å². The number of nitrogens with zero attached hydrogens (tertiary/aromatic N) is 6. The minimum atomic E-state index is -0.342. The molecule has 1 aliphatic heterocycles. The number of aromatic nitrogens is 5. The predicted octanol–water partition coefficient (Wildman–Crippen LogP) is 4.44. The van der Waals surface area contributed by atoms with E-state index in [2.05, 4.69) is 30.5 Å². The van der Waals surface area contributed by atoms with Gasteiger partial charge in [0.05, 0.1) is 5.69 Å². The SMILES string of the molecule is Cc1nc(Nc2nc(Nc3ccn4ccnc4c3)cc(N3CCCCC3)n2)ccc1F. The van der Waals surface area contributed by atoms with Crippen LogP contribution in [-0.2, 0) is 0 Å². The largest absolute Gasteiger partial charge is 0.356 e. The third-order valence-corrected chi connectivity index (χ3v) is 5.32. The second-order valence-electron chi connectivity index (χ2n) is 7.60. The van der Waals surface area contributed by atoms with Gasteiger partial charge in [-0.25, -0.2) is 14.4 Å². The lowest BCUT2D eigenvalue weighted by Crippen LogP contribution is -2.30. The maximum Gasteiger partial charge on any atom is 0.232 e. The van der Waals surface area contributed by atoms with E-state index < -0.39 is 0 Å². The van der Waals surface area contributed by atoms with Crippen LogP contribution in [0.2, 0.25) is 0 Å². The van der Waals surface area contributed by atoms with E-state index >= 15 is 0 Å². The molecule has 5 rings (SSSR count). The maximum atomic E-state index is 13.6. The molecule has 5 heterocycles. The third-order valence-electron chi connectivity index (χ3n) is 5.32. The number of halogens is 1. The van der Waals surface area contributed by atoms with Gasteiger partial charge in [0.15, 0.2) is 0 Å². The molecule has 0 aromatic carbocycles. The van der Waals surface area contributed by atoms with Gasteiger partial charge in [-0.1, -0.05) is 0 Å². The number of nitrogens with one attached hydrogen (secondary N) is 2. The molecule has 0 spiro atoms. The Labute approximate surface area is 179 Å². The maximum absolute atomic E-state index is 13.6. The van der Waals surface area contributed by atoms with Gasteiger partial charge in [0.2, 0.25) is 5.95 Å². The van der Waals surface area contributed by atoms with Crippen LogP contribution in [0.15, 0.2) is 48.9 Å². The number of anilines is 5. The van der Waals surface area contributed by atoms with Crippen LogP contribution in [0.4, 0.5) is 33.5 Å². The van der Waals surface area contributed by atoms with Gasteiger partial charge in [-0.2, -0.15) is 9.97 Å². The Bertz CT molecular complexity index is 1220. The zero-order valence-electron chi connectivity index (χ0n) is 17.2. The average molecular weight is 418 g/mol. The van der Waals surface area contributed by atoms with Crippen molar-refractivity contribution in [2.45, 2.75) is 26.2 Å². The first kappa shape index (κ1) is 19.2. The first-order valence-corrected chi connectivity index (χ1v) is 10.4. The number of piperidine rings is 1. The van der Waals surface area contributed by atoms with Gasteiger partial charge in [-0.15, -0.1) is 0 Å². The van der Waals surface area contributed by atoms with Gasteiger partial charge in [0.1, 0.15) is 28.9 Å². The summed E-state index contributed by atoms with van der Waals surface area (Å²) in [4.78, 5) is 20.2. The lowest BCUT2D eigenvalue weighted by atomic mass is 10.1. The van der Waals surface area contributed by atoms with Crippen molar-refractivity contribution in [3.05, 3.63) is 60.4 Å². The first-order valence-electron chi connectivity index (χ1n) is 10.4. The standard InChI is InChI=1S/C22H23FN8/c1-15-17(23)5-6-18(25-15)27-22-28-19(14-21(29-22)30-9-3-2-4-10-30)26-16-7-11-31-12-8-24-20(31)13-16/h5-8,11-14H,2-4,9-10H2,1H3,(H2,25,26,27,28,29). The van der Waals surface area contributed by atoms with Gasteiger partial charge in [-0.05, 0) is 44.4 Å². The number of hydrogen-bond acceptors (Lipinski definition) is 7. The average Bonchev–Trinajstić information content (AvgIpc) is 3.25. The molecule has 0 saturated carbocycles. The van der Waals surface area contributed by atoms with Crippen LogP contribution in [0.25, 0.3) is 5.65 Å². The van der Waals surface area contributed by atoms with Crippen molar-refractivity contribution < 1.29 is 4.39 Å². The Kier molecular flexibility index (Phi) is 5.07. The van der Waals surface area contributed by atoms with Gasteiger partial charge in [0.25, 0.3) is 0 Å². The summed E-state index contributed by atoms with van der Waals surface area (Å²) in [7, 11) is 0. The number of aryl methyl sites for hydroxylation is 1. The molecular formula is C22H23FN8. The van der Waals surface area contributed by atoms with Gasteiger partial charge in [0, 0.05) is 49.5 Å². The molecule has 0 amide bonds. The van der Waals surface area contributed by atoms with Crippen LogP contribution in [0, 0.1) is 12.7 Å². The number of hydrogen-bond donors (Lipinski definition) is 2. The summed E-state index contributed by atoms with van der Waals surface area (Å²) in [5, 5.41) is 6.48. The minimum Gasteiger partial charge on any atom is -0.356 e. The normalized spacial score (nSPS) is 14.1. The molecule has 9 heteroatoms. The molecule has 1 saturated heterocycles.